The van der Waals surface area contributed by atoms with Crippen molar-refractivity contribution in [3.8, 4) is 0 Å². The van der Waals surface area contributed by atoms with E-state index in [1.807, 2.05) is 20.8 Å². The molecule has 0 radical (unpaired) electrons. The lowest BCUT2D eigenvalue weighted by Crippen LogP contribution is -2.51. The summed E-state index contributed by atoms with van der Waals surface area (Å²) in [5.41, 5.74) is 1.58. The zero-order chi connectivity index (χ0) is 25.6. The number of carbonyl (C=O) groups excluding carboxylic acids is 2. The van der Waals surface area contributed by atoms with Crippen molar-refractivity contribution in [1.82, 2.24) is 14.5 Å². The summed E-state index contributed by atoms with van der Waals surface area (Å²) < 4.78 is 26.9. The summed E-state index contributed by atoms with van der Waals surface area (Å²) in [4.78, 5) is 27.6. The van der Waals surface area contributed by atoms with Crippen LogP contribution >= 0.6 is 23.2 Å². The largest absolute Gasteiger partial charge is 0.352 e. The third kappa shape index (κ3) is 7.18. The van der Waals surface area contributed by atoms with E-state index in [-0.39, 0.29) is 23.4 Å². The second kappa shape index (κ2) is 12.0. The van der Waals surface area contributed by atoms with E-state index in [4.69, 9.17) is 23.2 Å². The summed E-state index contributed by atoms with van der Waals surface area (Å²) in [7, 11) is -2.55. The number of halogens is 2. The molecule has 1 N–H and O–H groups in total. The van der Waals surface area contributed by atoms with Crippen LogP contribution < -0.4 is 5.32 Å². The lowest BCUT2D eigenvalue weighted by atomic mass is 10.1. The molecule has 0 aliphatic carbocycles. The Kier molecular flexibility index (Phi) is 9.94. The zero-order valence-electron chi connectivity index (χ0n) is 20.0. The second-order valence-corrected chi connectivity index (χ2v) is 11.2. The first-order valence-electron chi connectivity index (χ1n) is 10.9. The molecule has 2 aromatic carbocycles. The summed E-state index contributed by atoms with van der Waals surface area (Å²) in [6.07, 6.45) is 0.733. The molecule has 0 aliphatic heterocycles. The van der Waals surface area contributed by atoms with Gasteiger partial charge in [-0.05, 0) is 57.0 Å². The van der Waals surface area contributed by atoms with Crippen molar-refractivity contribution in [3.63, 3.8) is 0 Å². The molecular formula is C24H31Cl2N3O4S. The molecular weight excluding hydrogens is 497 g/mol. The van der Waals surface area contributed by atoms with Crippen LogP contribution in [0.5, 0.6) is 0 Å². The monoisotopic (exact) mass is 527 g/mol. The van der Waals surface area contributed by atoms with Crippen molar-refractivity contribution in [1.29, 1.82) is 0 Å². The van der Waals surface area contributed by atoms with E-state index in [1.165, 1.54) is 24.1 Å². The van der Waals surface area contributed by atoms with Gasteiger partial charge in [0, 0.05) is 19.6 Å². The number of benzene rings is 2. The summed E-state index contributed by atoms with van der Waals surface area (Å²) in [6, 6.07) is 10.4. The minimum absolute atomic E-state index is 0.0588. The van der Waals surface area contributed by atoms with E-state index >= 15 is 0 Å². The molecule has 0 aromatic heterocycles. The third-order valence-corrected chi connectivity index (χ3v) is 8.15. The fourth-order valence-corrected chi connectivity index (χ4v) is 4.58. The van der Waals surface area contributed by atoms with Gasteiger partial charge < -0.3 is 10.2 Å². The quantitative estimate of drug-likeness (QED) is 0.500. The molecule has 7 nitrogen and oxygen atoms in total. The Labute approximate surface area is 212 Å². The number of rotatable bonds is 10. The highest BCUT2D eigenvalue weighted by molar-refractivity contribution is 7.89. The molecule has 2 rings (SSSR count). The highest BCUT2D eigenvalue weighted by atomic mass is 35.5. The van der Waals surface area contributed by atoms with Gasteiger partial charge in [-0.15, -0.1) is 0 Å². The Hall–Kier alpha value is -2.13. The van der Waals surface area contributed by atoms with Gasteiger partial charge in [0.05, 0.1) is 21.5 Å². The molecule has 0 spiro atoms. The van der Waals surface area contributed by atoms with Crippen LogP contribution in [0.15, 0.2) is 47.4 Å². The first kappa shape index (κ1) is 28.1. The predicted octanol–water partition coefficient (Wildman–Crippen LogP) is 4.25. The molecule has 186 valence electrons. The van der Waals surface area contributed by atoms with Crippen molar-refractivity contribution in [2.24, 2.45) is 0 Å². The number of aryl methyl sites for hydroxylation is 1. The van der Waals surface area contributed by atoms with Gasteiger partial charge in [0.15, 0.2) is 0 Å². The zero-order valence-corrected chi connectivity index (χ0v) is 22.3. The molecule has 0 fully saturated rings. The second-order valence-electron chi connectivity index (χ2n) is 8.34. The molecule has 0 aliphatic rings. The Balaban J connectivity index is 2.30. The normalized spacial score (nSPS) is 13.4. The van der Waals surface area contributed by atoms with Crippen LogP contribution in [0.3, 0.4) is 0 Å². The molecule has 2 amide bonds. The number of hydrogen-bond acceptors (Lipinski definition) is 4. The highest BCUT2D eigenvalue weighted by Crippen LogP contribution is 2.24. The molecule has 0 saturated carbocycles. The van der Waals surface area contributed by atoms with Crippen molar-refractivity contribution in [3.05, 3.63) is 63.6 Å². The molecule has 0 saturated heterocycles. The van der Waals surface area contributed by atoms with Gasteiger partial charge in [-0.1, -0.05) is 53.9 Å². The average Bonchev–Trinajstić information content (AvgIpc) is 2.79. The van der Waals surface area contributed by atoms with Crippen LogP contribution in [0.2, 0.25) is 10.0 Å². The fraction of sp³-hybridized carbons (Fsp3) is 0.417. The van der Waals surface area contributed by atoms with Crippen LogP contribution in [0, 0.1) is 6.92 Å². The Bertz CT molecular complexity index is 1120. The van der Waals surface area contributed by atoms with Gasteiger partial charge in [-0.2, -0.15) is 4.31 Å². The SMILES string of the molecule is CCC(C)NC(=O)C(C)N(Cc1ccc(Cl)c(Cl)c1)C(=O)CN(C)S(=O)(=O)c1ccc(C)cc1. The van der Waals surface area contributed by atoms with Crippen molar-refractivity contribution >= 4 is 45.0 Å². The maximum Gasteiger partial charge on any atom is 0.243 e. The average molecular weight is 529 g/mol. The van der Waals surface area contributed by atoms with E-state index < -0.39 is 28.5 Å². The molecule has 2 atom stereocenters. The maximum atomic E-state index is 13.3. The van der Waals surface area contributed by atoms with Crippen molar-refractivity contribution < 1.29 is 18.0 Å². The van der Waals surface area contributed by atoms with Crippen LogP contribution in [-0.2, 0) is 26.2 Å². The van der Waals surface area contributed by atoms with Crippen molar-refractivity contribution in [2.75, 3.05) is 13.6 Å². The van der Waals surface area contributed by atoms with Gasteiger partial charge in [0.25, 0.3) is 0 Å². The minimum Gasteiger partial charge on any atom is -0.352 e. The lowest BCUT2D eigenvalue weighted by molar-refractivity contribution is -0.140. The summed E-state index contributed by atoms with van der Waals surface area (Å²) in [5, 5.41) is 3.57. The molecule has 34 heavy (non-hydrogen) atoms. The Morgan fingerprint density at radius 1 is 1.03 bits per heavy atom. The van der Waals surface area contributed by atoms with Crippen molar-refractivity contribution in [2.45, 2.75) is 57.6 Å². The standard InChI is InChI=1S/C24H31Cl2N3O4S/c1-6-17(3)27-24(31)18(4)29(14-19-9-12-21(25)22(26)13-19)23(30)15-28(5)34(32,33)20-10-7-16(2)8-11-20/h7-13,17-18H,6,14-15H2,1-5H3,(H,27,31). The van der Waals surface area contributed by atoms with Gasteiger partial charge in [0.1, 0.15) is 6.04 Å². The van der Waals surface area contributed by atoms with Crippen LogP contribution in [0.25, 0.3) is 0 Å². The van der Waals surface area contributed by atoms with E-state index in [1.54, 1.807) is 37.3 Å². The molecule has 2 aromatic rings. The number of likely N-dealkylation sites (N-methyl/N-ethyl adjacent to an activating group) is 1. The van der Waals surface area contributed by atoms with Crippen LogP contribution in [0.4, 0.5) is 0 Å². The van der Waals surface area contributed by atoms with Crippen LogP contribution in [-0.4, -0.2) is 55.1 Å². The van der Waals surface area contributed by atoms with Gasteiger partial charge >= 0.3 is 0 Å². The summed E-state index contributed by atoms with van der Waals surface area (Å²) in [5.74, 6) is -0.845. The number of amides is 2. The first-order valence-corrected chi connectivity index (χ1v) is 13.1. The van der Waals surface area contributed by atoms with E-state index in [9.17, 15) is 18.0 Å². The third-order valence-electron chi connectivity index (χ3n) is 5.59. The molecule has 0 bridgehead atoms. The molecule has 2 unspecified atom stereocenters. The fourth-order valence-electron chi connectivity index (χ4n) is 3.14. The number of nitrogens with zero attached hydrogens (tertiary/aromatic N) is 2. The van der Waals surface area contributed by atoms with E-state index in [2.05, 4.69) is 5.32 Å². The lowest BCUT2D eigenvalue weighted by Gasteiger charge is -2.31. The minimum atomic E-state index is -3.89. The molecule has 10 heteroatoms. The van der Waals surface area contributed by atoms with E-state index in [0.29, 0.717) is 15.6 Å². The number of sulfonamides is 1. The molecule has 0 heterocycles. The first-order chi connectivity index (χ1) is 15.9. The van der Waals surface area contributed by atoms with Gasteiger partial charge in [-0.3, -0.25) is 9.59 Å². The number of hydrogen-bond donors (Lipinski definition) is 1. The smallest absolute Gasteiger partial charge is 0.243 e. The maximum absolute atomic E-state index is 13.3. The number of carbonyl (C=O) groups is 2. The van der Waals surface area contributed by atoms with E-state index in [0.717, 1.165) is 16.3 Å². The highest BCUT2D eigenvalue weighted by Gasteiger charge is 2.30. The van der Waals surface area contributed by atoms with Gasteiger partial charge in [0.2, 0.25) is 21.8 Å². The number of nitrogens with one attached hydrogen (secondary N) is 1. The van der Waals surface area contributed by atoms with Crippen LogP contribution in [0.1, 0.15) is 38.3 Å². The summed E-state index contributed by atoms with van der Waals surface area (Å²) in [6.45, 7) is 6.91. The summed E-state index contributed by atoms with van der Waals surface area (Å²) >= 11 is 12.1. The Morgan fingerprint density at radius 2 is 1.65 bits per heavy atom. The topological polar surface area (TPSA) is 86.8 Å². The predicted molar refractivity (Wildman–Crippen MR) is 135 cm³/mol. The van der Waals surface area contributed by atoms with Gasteiger partial charge in [-0.25, -0.2) is 8.42 Å². The Morgan fingerprint density at radius 3 is 2.21 bits per heavy atom.